The first-order valence-corrected chi connectivity index (χ1v) is 8.56. The third-order valence-corrected chi connectivity index (χ3v) is 4.65. The Morgan fingerprint density at radius 3 is 2.73 bits per heavy atom. The Morgan fingerprint density at radius 1 is 1.31 bits per heavy atom. The third kappa shape index (κ3) is 3.56. The molecule has 1 atom stereocenters. The molecule has 0 aliphatic carbocycles. The van der Waals surface area contributed by atoms with Crippen molar-refractivity contribution in [1.29, 1.82) is 0 Å². The smallest absolute Gasteiger partial charge is 0.345 e. The summed E-state index contributed by atoms with van der Waals surface area (Å²) >= 11 is 0. The summed E-state index contributed by atoms with van der Waals surface area (Å²) in [4.78, 5) is 36.9. The van der Waals surface area contributed by atoms with E-state index >= 15 is 0 Å². The number of ether oxygens (including phenoxy) is 3. The zero-order valence-corrected chi connectivity index (χ0v) is 14.4. The van der Waals surface area contributed by atoms with E-state index in [-0.39, 0.29) is 35.8 Å². The van der Waals surface area contributed by atoms with Crippen LogP contribution in [0.5, 0.6) is 11.5 Å². The van der Waals surface area contributed by atoms with Gasteiger partial charge in [0.1, 0.15) is 5.56 Å². The van der Waals surface area contributed by atoms with Crippen LogP contribution in [0.25, 0.3) is 0 Å². The zero-order valence-electron chi connectivity index (χ0n) is 14.4. The predicted octanol–water partition coefficient (Wildman–Crippen LogP) is 2.27. The van der Waals surface area contributed by atoms with Crippen LogP contribution >= 0.6 is 0 Å². The quantitative estimate of drug-likeness (QED) is 0.448. The van der Waals surface area contributed by atoms with Gasteiger partial charge in [0.05, 0.1) is 11.0 Å². The summed E-state index contributed by atoms with van der Waals surface area (Å²) in [5.74, 6) is -0.791. The van der Waals surface area contributed by atoms with Gasteiger partial charge in [-0.15, -0.1) is 0 Å². The molecule has 0 radical (unpaired) electrons. The fourth-order valence-corrected chi connectivity index (χ4v) is 3.29. The highest BCUT2D eigenvalue weighted by Gasteiger charge is 2.30. The first-order valence-electron chi connectivity index (χ1n) is 8.56. The largest absolute Gasteiger partial charge is 0.454 e. The van der Waals surface area contributed by atoms with Crippen molar-refractivity contribution >= 4 is 17.6 Å². The van der Waals surface area contributed by atoms with Crippen LogP contribution in [0.3, 0.4) is 0 Å². The summed E-state index contributed by atoms with van der Waals surface area (Å²) in [5, 5.41) is 11.2. The molecule has 26 heavy (non-hydrogen) atoms. The van der Waals surface area contributed by atoms with Crippen molar-refractivity contribution in [2.24, 2.45) is 0 Å². The number of nitro groups is 1. The van der Waals surface area contributed by atoms with Gasteiger partial charge < -0.3 is 19.1 Å². The molecule has 1 aromatic rings. The van der Waals surface area contributed by atoms with Gasteiger partial charge in [-0.25, -0.2) is 4.79 Å². The molecule has 1 amide bonds. The highest BCUT2D eigenvalue weighted by molar-refractivity contribution is 5.96. The fourth-order valence-electron chi connectivity index (χ4n) is 3.29. The summed E-state index contributed by atoms with van der Waals surface area (Å²) in [6.07, 6.45) is 3.77. The van der Waals surface area contributed by atoms with Crippen LogP contribution in [0.2, 0.25) is 0 Å². The second kappa shape index (κ2) is 7.59. The molecule has 1 fully saturated rings. The minimum Gasteiger partial charge on any atom is -0.454 e. The average Bonchev–Trinajstić information content (AvgIpc) is 3.12. The molecule has 0 saturated carbocycles. The summed E-state index contributed by atoms with van der Waals surface area (Å²) < 4.78 is 15.3. The first kappa shape index (κ1) is 18.0. The summed E-state index contributed by atoms with van der Waals surface area (Å²) in [6.45, 7) is 2.13. The predicted molar refractivity (Wildman–Crippen MR) is 89.1 cm³/mol. The van der Waals surface area contributed by atoms with Crippen molar-refractivity contribution in [1.82, 2.24) is 4.90 Å². The lowest BCUT2D eigenvalue weighted by molar-refractivity contribution is -0.385. The number of likely N-dealkylation sites (tertiary alicyclic amines) is 1. The summed E-state index contributed by atoms with van der Waals surface area (Å²) in [5.41, 5.74) is -0.714. The number of esters is 1. The standard InChI is InChI=1S/C17H20N2O7/c1-2-11-5-3-4-6-18(11)16(20)9-24-17(21)12-7-14-15(26-10-25-14)8-13(12)19(22)23/h7-8,11H,2-6,9-10H2,1H3. The summed E-state index contributed by atoms with van der Waals surface area (Å²) in [6, 6.07) is 2.48. The molecule has 2 heterocycles. The Kier molecular flexibility index (Phi) is 5.24. The summed E-state index contributed by atoms with van der Waals surface area (Å²) in [7, 11) is 0. The van der Waals surface area contributed by atoms with E-state index in [9.17, 15) is 19.7 Å². The Morgan fingerprint density at radius 2 is 2.04 bits per heavy atom. The molecule has 2 aliphatic heterocycles. The lowest BCUT2D eigenvalue weighted by Crippen LogP contribution is -2.45. The van der Waals surface area contributed by atoms with Crippen LogP contribution in [0.15, 0.2) is 12.1 Å². The van der Waals surface area contributed by atoms with Gasteiger partial charge in [0, 0.05) is 18.7 Å². The lowest BCUT2D eigenvalue weighted by Gasteiger charge is -2.35. The van der Waals surface area contributed by atoms with Gasteiger partial charge in [0.15, 0.2) is 18.1 Å². The molecule has 3 rings (SSSR count). The maximum absolute atomic E-state index is 12.4. The lowest BCUT2D eigenvalue weighted by atomic mass is 10.00. The molecule has 2 aliphatic rings. The highest BCUT2D eigenvalue weighted by atomic mass is 16.7. The van der Waals surface area contributed by atoms with Gasteiger partial charge in [-0.2, -0.15) is 0 Å². The normalized spacial score (nSPS) is 18.5. The minimum atomic E-state index is -0.937. The van der Waals surface area contributed by atoms with Crippen LogP contribution in [-0.2, 0) is 9.53 Å². The molecule has 1 saturated heterocycles. The molecule has 0 spiro atoms. The maximum Gasteiger partial charge on any atom is 0.345 e. The van der Waals surface area contributed by atoms with E-state index in [1.54, 1.807) is 4.90 Å². The Labute approximate surface area is 150 Å². The number of amides is 1. The molecule has 0 aromatic heterocycles. The van der Waals surface area contributed by atoms with Crippen molar-refractivity contribution in [3.05, 3.63) is 27.8 Å². The maximum atomic E-state index is 12.4. The number of rotatable bonds is 5. The van der Waals surface area contributed by atoms with Crippen molar-refractivity contribution < 1.29 is 28.7 Å². The fraction of sp³-hybridized carbons (Fsp3) is 0.529. The number of fused-ring (bicyclic) bond motifs is 1. The van der Waals surface area contributed by atoms with E-state index in [0.717, 1.165) is 31.7 Å². The Bertz CT molecular complexity index is 734. The second-order valence-corrected chi connectivity index (χ2v) is 6.20. The number of carbonyl (C=O) groups is 2. The average molecular weight is 364 g/mol. The van der Waals surface area contributed by atoms with Crippen LogP contribution < -0.4 is 9.47 Å². The van der Waals surface area contributed by atoms with Crippen molar-refractivity contribution in [3.8, 4) is 11.5 Å². The minimum absolute atomic E-state index is 0.0726. The second-order valence-electron chi connectivity index (χ2n) is 6.20. The van der Waals surface area contributed by atoms with Gasteiger partial charge in [0.2, 0.25) is 6.79 Å². The number of hydrogen-bond acceptors (Lipinski definition) is 7. The van der Waals surface area contributed by atoms with Crippen LogP contribution in [-0.4, -0.2) is 47.7 Å². The van der Waals surface area contributed by atoms with Crippen LogP contribution in [0.1, 0.15) is 43.0 Å². The van der Waals surface area contributed by atoms with Gasteiger partial charge in [-0.3, -0.25) is 14.9 Å². The topological polar surface area (TPSA) is 108 Å². The van der Waals surface area contributed by atoms with E-state index in [1.807, 2.05) is 6.92 Å². The molecule has 140 valence electrons. The van der Waals surface area contributed by atoms with Crippen molar-refractivity contribution in [2.45, 2.75) is 38.6 Å². The Balaban J connectivity index is 1.70. The van der Waals surface area contributed by atoms with Crippen LogP contribution in [0.4, 0.5) is 5.69 Å². The molecular formula is C17H20N2O7. The number of piperidine rings is 1. The van der Waals surface area contributed by atoms with E-state index in [0.29, 0.717) is 6.54 Å². The molecular weight excluding hydrogens is 344 g/mol. The van der Waals surface area contributed by atoms with Gasteiger partial charge in [-0.1, -0.05) is 6.92 Å². The third-order valence-electron chi connectivity index (χ3n) is 4.65. The molecule has 1 aromatic carbocycles. The monoisotopic (exact) mass is 364 g/mol. The first-order chi connectivity index (χ1) is 12.5. The van der Waals surface area contributed by atoms with Crippen molar-refractivity contribution in [3.63, 3.8) is 0 Å². The molecule has 0 bridgehead atoms. The number of benzene rings is 1. The number of nitro benzene ring substituents is 1. The molecule has 9 heteroatoms. The van der Waals surface area contributed by atoms with Crippen molar-refractivity contribution in [2.75, 3.05) is 19.9 Å². The molecule has 9 nitrogen and oxygen atoms in total. The van der Waals surface area contributed by atoms with E-state index in [2.05, 4.69) is 0 Å². The molecule has 1 unspecified atom stereocenters. The molecule has 0 N–H and O–H groups in total. The number of carbonyl (C=O) groups excluding carboxylic acids is 2. The van der Waals surface area contributed by atoms with Crippen LogP contribution in [0, 0.1) is 10.1 Å². The number of hydrogen-bond donors (Lipinski definition) is 0. The Hall–Kier alpha value is -2.84. The van der Waals surface area contributed by atoms with E-state index in [4.69, 9.17) is 14.2 Å². The number of nitrogens with zero attached hydrogens (tertiary/aromatic N) is 2. The zero-order chi connectivity index (χ0) is 18.7. The van der Waals surface area contributed by atoms with Gasteiger partial charge in [-0.05, 0) is 25.7 Å². The van der Waals surface area contributed by atoms with E-state index < -0.39 is 23.2 Å². The van der Waals surface area contributed by atoms with E-state index in [1.165, 1.54) is 6.07 Å². The highest BCUT2D eigenvalue weighted by Crippen LogP contribution is 2.38. The van der Waals surface area contributed by atoms with Gasteiger partial charge in [0.25, 0.3) is 11.6 Å². The SMILES string of the molecule is CCC1CCCCN1C(=O)COC(=O)c1cc2c(cc1[N+](=O)[O-])OCO2. The van der Waals surface area contributed by atoms with Gasteiger partial charge >= 0.3 is 5.97 Å².